The van der Waals surface area contributed by atoms with Gasteiger partial charge in [-0.05, 0) is 17.7 Å². The van der Waals surface area contributed by atoms with Crippen LogP contribution < -0.4 is 0 Å². The van der Waals surface area contributed by atoms with Crippen molar-refractivity contribution in [3.8, 4) is 6.07 Å². The van der Waals surface area contributed by atoms with E-state index in [0.717, 1.165) is 31.7 Å². The summed E-state index contributed by atoms with van der Waals surface area (Å²) >= 11 is 2.29. The molecule has 0 spiro atoms. The Morgan fingerprint density at radius 1 is 1.22 bits per heavy atom. The van der Waals surface area contributed by atoms with Crippen LogP contribution in [-0.4, -0.2) is 40.1 Å². The second-order valence-corrected chi connectivity index (χ2v) is 5.64. The lowest BCUT2D eigenvalue weighted by molar-refractivity contribution is -0.131. The Labute approximate surface area is 121 Å². The first-order valence-corrected chi connectivity index (χ1v) is 6.83. The summed E-state index contributed by atoms with van der Waals surface area (Å²) in [7, 11) is 0. The van der Waals surface area contributed by atoms with Gasteiger partial charge in [-0.2, -0.15) is 5.26 Å². The Bertz CT molecular complexity index is 458. The van der Waals surface area contributed by atoms with Gasteiger partial charge < -0.3 is 4.90 Å². The maximum atomic E-state index is 12.1. The molecule has 5 heteroatoms. The lowest BCUT2D eigenvalue weighted by Gasteiger charge is -2.31. The Hall–Kier alpha value is -1.13. The van der Waals surface area contributed by atoms with Gasteiger partial charge in [0.15, 0.2) is 0 Å². The smallest absolute Gasteiger partial charge is 0.227 e. The number of nitriles is 1. The van der Waals surface area contributed by atoms with E-state index < -0.39 is 0 Å². The molecule has 1 aliphatic rings. The number of nitrogens with zero attached hydrogens (tertiary/aromatic N) is 3. The van der Waals surface area contributed by atoms with Crippen LogP contribution in [0.1, 0.15) is 11.1 Å². The molecule has 2 rings (SSSR count). The molecule has 1 aromatic rings. The van der Waals surface area contributed by atoms with Crippen LogP contribution in [0.25, 0.3) is 0 Å². The quantitative estimate of drug-likeness (QED) is 0.598. The normalized spacial score (nSPS) is 16.3. The van der Waals surface area contributed by atoms with E-state index in [1.54, 1.807) is 12.1 Å². The monoisotopic (exact) mass is 355 g/mol. The molecule has 18 heavy (non-hydrogen) atoms. The minimum absolute atomic E-state index is 0.171. The summed E-state index contributed by atoms with van der Waals surface area (Å²) in [5.41, 5.74) is 1.60. The minimum atomic E-state index is 0.171. The maximum Gasteiger partial charge on any atom is 0.227 e. The molecule has 1 aliphatic heterocycles. The van der Waals surface area contributed by atoms with Gasteiger partial charge in [0.05, 0.1) is 18.1 Å². The molecule has 1 amide bonds. The van der Waals surface area contributed by atoms with Crippen LogP contribution in [0.5, 0.6) is 0 Å². The Morgan fingerprint density at radius 2 is 1.83 bits per heavy atom. The van der Waals surface area contributed by atoms with Crippen LogP contribution in [0, 0.1) is 11.3 Å². The fourth-order valence-electron chi connectivity index (χ4n) is 1.91. The summed E-state index contributed by atoms with van der Waals surface area (Å²) in [6, 6.07) is 9.29. The van der Waals surface area contributed by atoms with E-state index in [0.29, 0.717) is 12.0 Å². The van der Waals surface area contributed by atoms with Crippen molar-refractivity contribution in [2.24, 2.45) is 0 Å². The van der Waals surface area contributed by atoms with Crippen molar-refractivity contribution in [2.45, 2.75) is 6.42 Å². The summed E-state index contributed by atoms with van der Waals surface area (Å²) in [5.74, 6) is 0.171. The highest BCUT2D eigenvalue weighted by atomic mass is 127. The standard InChI is InChI=1S/C13H14IN3O/c14-17-7-5-16(6-8-17)13(18)9-11-1-3-12(10-15)4-2-11/h1-4H,5-9H2. The highest BCUT2D eigenvalue weighted by Crippen LogP contribution is 2.10. The number of benzene rings is 1. The molecule has 4 nitrogen and oxygen atoms in total. The molecule has 0 saturated carbocycles. The Kier molecular flexibility index (Phi) is 4.55. The van der Waals surface area contributed by atoms with E-state index >= 15 is 0 Å². The van der Waals surface area contributed by atoms with Crippen molar-refractivity contribution in [2.75, 3.05) is 26.2 Å². The molecule has 1 saturated heterocycles. The summed E-state index contributed by atoms with van der Waals surface area (Å²) in [6.45, 7) is 3.47. The average Bonchev–Trinajstić information content (AvgIpc) is 2.40. The van der Waals surface area contributed by atoms with E-state index in [2.05, 4.69) is 32.0 Å². The van der Waals surface area contributed by atoms with E-state index in [9.17, 15) is 4.79 Å². The van der Waals surface area contributed by atoms with E-state index in [4.69, 9.17) is 5.26 Å². The largest absolute Gasteiger partial charge is 0.340 e. The highest BCUT2D eigenvalue weighted by molar-refractivity contribution is 14.1. The van der Waals surface area contributed by atoms with Crippen LogP contribution in [0.3, 0.4) is 0 Å². The molecule has 94 valence electrons. The number of hydrogen-bond donors (Lipinski definition) is 0. The van der Waals surface area contributed by atoms with Gasteiger partial charge in [0.25, 0.3) is 0 Å². The molecule has 0 N–H and O–H groups in total. The number of carbonyl (C=O) groups excluding carboxylic acids is 1. The third kappa shape index (κ3) is 3.43. The van der Waals surface area contributed by atoms with E-state index in [-0.39, 0.29) is 5.91 Å². The van der Waals surface area contributed by atoms with Gasteiger partial charge in [-0.15, -0.1) is 0 Å². The molecular formula is C13H14IN3O. The van der Waals surface area contributed by atoms with Crippen LogP contribution >= 0.6 is 22.9 Å². The zero-order valence-electron chi connectivity index (χ0n) is 9.97. The Morgan fingerprint density at radius 3 is 2.39 bits per heavy atom. The van der Waals surface area contributed by atoms with Crippen molar-refractivity contribution in [3.05, 3.63) is 35.4 Å². The average molecular weight is 355 g/mol. The van der Waals surface area contributed by atoms with Gasteiger partial charge in [-0.1, -0.05) is 12.1 Å². The van der Waals surface area contributed by atoms with E-state index in [1.165, 1.54) is 0 Å². The second-order valence-electron chi connectivity index (χ2n) is 4.28. The lowest BCUT2D eigenvalue weighted by Crippen LogP contribution is -2.45. The molecule has 0 unspecified atom stereocenters. The van der Waals surface area contributed by atoms with Gasteiger partial charge in [0.2, 0.25) is 5.91 Å². The number of halogens is 1. The van der Waals surface area contributed by atoms with Crippen LogP contribution in [0.4, 0.5) is 0 Å². The fourth-order valence-corrected chi connectivity index (χ4v) is 2.35. The summed E-state index contributed by atoms with van der Waals surface area (Å²) in [5, 5.41) is 8.71. The molecule has 1 heterocycles. The molecule has 1 fully saturated rings. The zero-order chi connectivity index (χ0) is 13.0. The van der Waals surface area contributed by atoms with Gasteiger partial charge in [0, 0.05) is 49.0 Å². The molecule has 0 bridgehead atoms. The van der Waals surface area contributed by atoms with Gasteiger partial charge in [-0.3, -0.25) is 4.79 Å². The second kappa shape index (κ2) is 6.16. The van der Waals surface area contributed by atoms with Gasteiger partial charge in [0.1, 0.15) is 0 Å². The van der Waals surface area contributed by atoms with Crippen molar-refractivity contribution in [1.82, 2.24) is 8.01 Å². The van der Waals surface area contributed by atoms with Gasteiger partial charge >= 0.3 is 0 Å². The predicted molar refractivity (Wildman–Crippen MR) is 77.0 cm³/mol. The Balaban J connectivity index is 1.92. The van der Waals surface area contributed by atoms with Gasteiger partial charge in [-0.25, -0.2) is 3.11 Å². The molecular weight excluding hydrogens is 341 g/mol. The molecule has 0 aromatic heterocycles. The number of piperazine rings is 1. The fraction of sp³-hybridized carbons (Fsp3) is 0.385. The van der Waals surface area contributed by atoms with Crippen LogP contribution in [0.15, 0.2) is 24.3 Å². The molecule has 0 radical (unpaired) electrons. The number of hydrogen-bond acceptors (Lipinski definition) is 3. The summed E-state index contributed by atoms with van der Waals surface area (Å²) < 4.78 is 2.20. The highest BCUT2D eigenvalue weighted by Gasteiger charge is 2.19. The minimum Gasteiger partial charge on any atom is -0.340 e. The van der Waals surface area contributed by atoms with Crippen molar-refractivity contribution in [3.63, 3.8) is 0 Å². The number of rotatable bonds is 2. The predicted octanol–water partition coefficient (Wildman–Crippen LogP) is 1.59. The first-order valence-electron chi connectivity index (χ1n) is 5.86. The summed E-state index contributed by atoms with van der Waals surface area (Å²) in [4.78, 5) is 14.0. The lowest BCUT2D eigenvalue weighted by atomic mass is 10.1. The number of carbonyl (C=O) groups is 1. The first-order chi connectivity index (χ1) is 8.69. The summed E-state index contributed by atoms with van der Waals surface area (Å²) in [6.07, 6.45) is 0.424. The van der Waals surface area contributed by atoms with Crippen molar-refractivity contribution >= 4 is 28.8 Å². The third-order valence-electron chi connectivity index (χ3n) is 3.02. The molecule has 1 aromatic carbocycles. The number of amides is 1. The molecule has 0 atom stereocenters. The van der Waals surface area contributed by atoms with Crippen LogP contribution in [0.2, 0.25) is 0 Å². The van der Waals surface area contributed by atoms with E-state index in [1.807, 2.05) is 17.0 Å². The SMILES string of the molecule is N#Cc1ccc(CC(=O)N2CCN(I)CC2)cc1. The third-order valence-corrected chi connectivity index (χ3v) is 3.98. The van der Waals surface area contributed by atoms with Crippen LogP contribution in [-0.2, 0) is 11.2 Å². The van der Waals surface area contributed by atoms with Crippen molar-refractivity contribution in [1.29, 1.82) is 5.26 Å². The first kappa shape index (κ1) is 13.3. The molecule has 0 aliphatic carbocycles. The maximum absolute atomic E-state index is 12.1. The zero-order valence-corrected chi connectivity index (χ0v) is 12.1. The van der Waals surface area contributed by atoms with Crippen molar-refractivity contribution < 1.29 is 4.79 Å². The topological polar surface area (TPSA) is 47.3 Å².